The van der Waals surface area contributed by atoms with E-state index in [1.807, 2.05) is 42.6 Å². The number of nitrogens with zero attached hydrogens (tertiary/aromatic N) is 2. The zero-order valence-corrected chi connectivity index (χ0v) is 38.4. The number of carbonyl (C=O) groups excluding carboxylic acids is 2. The highest BCUT2D eigenvalue weighted by Gasteiger charge is 2.41. The summed E-state index contributed by atoms with van der Waals surface area (Å²) < 4.78 is 6.51. The Bertz CT molecular complexity index is 2680. The minimum Gasteiger partial charge on any atom is -0.664 e. The highest BCUT2D eigenvalue weighted by Crippen LogP contribution is 2.48. The molecule has 5 aliphatic rings. The Morgan fingerprint density at radius 1 is 0.821 bits per heavy atom. The molecule has 67 heavy (non-hydrogen) atoms. The Labute approximate surface area is 393 Å². The summed E-state index contributed by atoms with van der Waals surface area (Å²) >= 11 is 0. The molecule has 5 N–H and O–H groups in total. The number of ketones is 2. The van der Waals surface area contributed by atoms with Crippen LogP contribution in [0.5, 0.6) is 17.2 Å². The van der Waals surface area contributed by atoms with Crippen molar-refractivity contribution in [3.63, 3.8) is 0 Å². The fraction of sp³-hybridized carbons (Fsp3) is 0.439. The molecule has 0 saturated heterocycles. The summed E-state index contributed by atoms with van der Waals surface area (Å²) in [6, 6.07) is 20.1. The first kappa shape index (κ1) is 45.0. The predicted octanol–water partition coefficient (Wildman–Crippen LogP) is 10.2. The lowest BCUT2D eigenvalue weighted by Gasteiger charge is -2.38. The number of ether oxygens (including phenoxy) is 1. The molecule has 350 valence electrons. The molecule has 2 saturated carbocycles. The fourth-order valence-electron chi connectivity index (χ4n) is 12.3. The number of H-pyrrole nitrogens is 1. The first-order chi connectivity index (χ1) is 32.7. The summed E-state index contributed by atoms with van der Waals surface area (Å²) in [4.78, 5) is 38.4. The number of phenols is 2. The maximum Gasteiger partial charge on any atom is 0.161 e. The van der Waals surface area contributed by atoms with Crippen molar-refractivity contribution in [2.24, 2.45) is 17.8 Å². The number of nitrogens with one attached hydrogen (secondary N) is 1. The minimum absolute atomic E-state index is 0.00405. The number of aromatic hydroxyl groups is 2. The molecular formula is C57H63N3O7-2. The van der Waals surface area contributed by atoms with Gasteiger partial charge in [0, 0.05) is 41.9 Å². The van der Waals surface area contributed by atoms with Crippen LogP contribution in [-0.4, -0.2) is 62.8 Å². The number of rotatable bonds is 8. The van der Waals surface area contributed by atoms with E-state index in [0.29, 0.717) is 42.8 Å². The maximum atomic E-state index is 15.5. The van der Waals surface area contributed by atoms with Crippen LogP contribution >= 0.6 is 0 Å². The van der Waals surface area contributed by atoms with Gasteiger partial charge in [0.25, 0.3) is 0 Å². The standard InChI is InChI=1S/C57H63N3O7/c61-25-20-46-51(64)17-13-37-28-41(54(65)52(30-37)67-43-7-1-2-8-43)27-36-12-16-48(57(34-62)21-3-4-22-57)40(26-36)31-39-18-23-59-56(39)60-33-42-32-49-45(19-24-58-49)47(53(42)55(46)66)29-35-10-14-38-6-5-9-50(63)44(38)15-11-35/h5-6,9,11-12,15-16,18-19,23-24,26,28,30,32,35,43,46-47,53,59,61-63,65H,1-4,7-8,10,13-14,17,20-22,25,27,29,31,33-34H2/q-2. The number of hydrogen-bond donors (Lipinski definition) is 5. The zero-order valence-electron chi connectivity index (χ0n) is 38.4. The number of aryl methyl sites for hydroxylation is 2. The molecule has 4 aliphatic carbocycles. The summed E-state index contributed by atoms with van der Waals surface area (Å²) in [7, 11) is 0. The van der Waals surface area contributed by atoms with Crippen molar-refractivity contribution in [2.45, 2.75) is 120 Å². The van der Waals surface area contributed by atoms with Gasteiger partial charge in [-0.1, -0.05) is 103 Å². The molecule has 0 spiro atoms. The third-order valence-electron chi connectivity index (χ3n) is 15.9. The molecular weight excluding hydrogens is 839 g/mol. The van der Waals surface area contributed by atoms with Gasteiger partial charge in [-0.25, -0.2) is 0 Å². The third-order valence-corrected chi connectivity index (χ3v) is 15.9. The molecule has 10 rings (SSSR count). The Balaban J connectivity index is 1.06. The normalized spacial score (nSPS) is 23.1. The Morgan fingerprint density at radius 3 is 2.48 bits per heavy atom. The Morgan fingerprint density at radius 2 is 1.66 bits per heavy atom. The molecule has 5 aromatic rings. The van der Waals surface area contributed by atoms with Gasteiger partial charge in [-0.2, -0.15) is 6.20 Å². The van der Waals surface area contributed by atoms with Crippen molar-refractivity contribution in [1.82, 2.24) is 9.97 Å². The van der Waals surface area contributed by atoms with E-state index >= 15 is 4.79 Å². The van der Waals surface area contributed by atoms with Crippen LogP contribution in [0.25, 0.3) is 17.5 Å². The number of aliphatic hydroxyl groups excluding tert-OH is 2. The van der Waals surface area contributed by atoms with Gasteiger partial charge in [0.1, 0.15) is 11.5 Å². The zero-order chi connectivity index (χ0) is 46.1. The van der Waals surface area contributed by atoms with Crippen LogP contribution in [0, 0.1) is 17.8 Å². The van der Waals surface area contributed by atoms with Gasteiger partial charge in [-0.05, 0) is 141 Å². The third kappa shape index (κ3) is 9.15. The number of aromatic nitrogens is 2. The summed E-state index contributed by atoms with van der Waals surface area (Å²) in [6.45, 7) is -0.0419. The lowest BCUT2D eigenvalue weighted by molar-refractivity contribution is -0.135. The minimum atomic E-state index is -1.04. The molecule has 0 amide bonds. The highest BCUT2D eigenvalue weighted by molar-refractivity contribution is 6.05. The van der Waals surface area contributed by atoms with E-state index in [9.17, 15) is 25.2 Å². The van der Waals surface area contributed by atoms with Gasteiger partial charge in [0.2, 0.25) is 0 Å². The average molecular weight is 902 g/mol. The van der Waals surface area contributed by atoms with Gasteiger partial charge < -0.3 is 40.4 Å². The summed E-state index contributed by atoms with van der Waals surface area (Å²) in [5.74, 6) is -0.921. The molecule has 2 aromatic heterocycles. The monoisotopic (exact) mass is 901 g/mol. The number of Topliss-reactive ketones (excluding diaryl/α,β-unsaturated/α-hetero) is 2. The number of benzene rings is 3. The maximum absolute atomic E-state index is 15.5. The lowest BCUT2D eigenvalue weighted by atomic mass is 9.67. The van der Waals surface area contributed by atoms with E-state index in [0.717, 1.165) is 120 Å². The van der Waals surface area contributed by atoms with Crippen molar-refractivity contribution in [3.05, 3.63) is 146 Å². The Hall–Kier alpha value is -5.84. The number of aliphatic hydroxyl groups is 2. The second kappa shape index (κ2) is 19.4. The average Bonchev–Trinajstić information content (AvgIpc) is 4.18. The van der Waals surface area contributed by atoms with Gasteiger partial charge in [-0.15, -0.1) is 5.69 Å². The van der Waals surface area contributed by atoms with E-state index in [2.05, 4.69) is 41.4 Å². The summed E-state index contributed by atoms with van der Waals surface area (Å²) in [5, 5.41) is 49.4. The molecule has 3 aromatic carbocycles. The van der Waals surface area contributed by atoms with Crippen LogP contribution in [0.4, 0.5) is 5.82 Å². The van der Waals surface area contributed by atoms with Crippen LogP contribution in [0.2, 0.25) is 0 Å². The van der Waals surface area contributed by atoms with Crippen LogP contribution in [-0.2, 0) is 40.7 Å². The van der Waals surface area contributed by atoms with Gasteiger partial charge in [0.05, 0.1) is 18.6 Å². The van der Waals surface area contributed by atoms with Crippen molar-refractivity contribution < 1.29 is 34.8 Å². The first-order valence-corrected chi connectivity index (χ1v) is 24.8. The van der Waals surface area contributed by atoms with Gasteiger partial charge in [0.15, 0.2) is 17.3 Å². The largest absolute Gasteiger partial charge is 0.664 e. The topological polar surface area (TPSA) is 168 Å². The molecule has 4 unspecified atom stereocenters. The van der Waals surface area contributed by atoms with E-state index < -0.39 is 11.8 Å². The summed E-state index contributed by atoms with van der Waals surface area (Å²) in [6.07, 6.45) is 21.4. The van der Waals surface area contributed by atoms with E-state index in [4.69, 9.17) is 15.0 Å². The number of phenolic OH excluding ortho intramolecular Hbond substituents is 2. The van der Waals surface area contributed by atoms with Crippen LogP contribution in [0.3, 0.4) is 0 Å². The van der Waals surface area contributed by atoms with E-state index in [-0.39, 0.29) is 79.0 Å². The van der Waals surface area contributed by atoms with Gasteiger partial charge in [-0.3, -0.25) is 9.59 Å². The van der Waals surface area contributed by atoms with E-state index in [1.54, 1.807) is 12.3 Å². The SMILES string of the molecule is O=C1CCc2cc(c(O)c(OC3CCCC3)c2)Cc2ccc(C3(CO)CCCC3)c(c2)Cc2cc[nH]c2[N-]CC2=Cc3[n-]ccc3C(CC3C=Cc4c(O)cccc4CC3)C2C(=O)C1CCO. The molecule has 0 radical (unpaired) electrons. The molecule has 10 heteroatoms. The second-order valence-corrected chi connectivity index (χ2v) is 20.1. The van der Waals surface area contributed by atoms with Crippen molar-refractivity contribution in [1.29, 1.82) is 0 Å². The predicted molar refractivity (Wildman–Crippen MR) is 260 cm³/mol. The summed E-state index contributed by atoms with van der Waals surface area (Å²) in [5.41, 5.74) is 9.95. The molecule has 3 heterocycles. The molecule has 2 fully saturated rings. The first-order valence-electron chi connectivity index (χ1n) is 24.8. The fourth-order valence-corrected chi connectivity index (χ4v) is 12.3. The second-order valence-electron chi connectivity index (χ2n) is 20.1. The highest BCUT2D eigenvalue weighted by atomic mass is 16.5. The quantitative estimate of drug-likeness (QED) is 0.0959. The lowest BCUT2D eigenvalue weighted by Crippen LogP contribution is -2.37. The Kier molecular flexibility index (Phi) is 13.0. The van der Waals surface area contributed by atoms with Crippen molar-refractivity contribution >= 4 is 29.5 Å². The number of hydrogen-bond acceptors (Lipinski definition) is 7. The molecule has 4 atom stereocenters. The smallest absolute Gasteiger partial charge is 0.161 e. The number of carbonyl (C=O) groups is 2. The van der Waals surface area contributed by atoms with Gasteiger partial charge >= 0.3 is 0 Å². The van der Waals surface area contributed by atoms with Crippen molar-refractivity contribution in [2.75, 3.05) is 19.8 Å². The van der Waals surface area contributed by atoms with Crippen LogP contribution in [0.1, 0.15) is 139 Å². The van der Waals surface area contributed by atoms with Crippen LogP contribution < -0.4 is 9.72 Å². The van der Waals surface area contributed by atoms with Crippen molar-refractivity contribution in [3.8, 4) is 17.2 Å². The molecule has 4 bridgehead atoms. The molecule has 10 nitrogen and oxygen atoms in total. The number of fused-ring (bicyclic) bond motifs is 8. The molecule has 1 aliphatic heterocycles. The van der Waals surface area contributed by atoms with Crippen LogP contribution in [0.15, 0.2) is 84.7 Å². The number of allylic oxidation sites excluding steroid dienone is 1. The number of aromatic amines is 1. The van der Waals surface area contributed by atoms with E-state index in [1.165, 1.54) is 0 Å².